The first-order valence-electron chi connectivity index (χ1n) is 8.96. The maximum Gasteiger partial charge on any atom is 0.276 e. The first-order chi connectivity index (χ1) is 12.2. The van der Waals surface area contributed by atoms with Crippen LogP contribution in [0.3, 0.4) is 0 Å². The van der Waals surface area contributed by atoms with E-state index in [1.165, 1.54) is 0 Å². The molecule has 0 spiro atoms. The van der Waals surface area contributed by atoms with Gasteiger partial charge in [0, 0.05) is 45.3 Å². The monoisotopic (exact) mass is 376 g/mol. The van der Waals surface area contributed by atoms with Gasteiger partial charge in [0.25, 0.3) is 5.91 Å². The lowest BCUT2D eigenvalue weighted by molar-refractivity contribution is 0.0767. The minimum Gasteiger partial charge on any atom is -0.336 e. The van der Waals surface area contributed by atoms with Crippen LogP contribution in [-0.2, 0) is 0 Å². The fourth-order valence-electron chi connectivity index (χ4n) is 3.76. The molecule has 1 aromatic carbocycles. The van der Waals surface area contributed by atoms with Crippen LogP contribution < -0.4 is 5.32 Å². The van der Waals surface area contributed by atoms with Crippen LogP contribution in [0.1, 0.15) is 22.6 Å². The van der Waals surface area contributed by atoms with Crippen LogP contribution in [0.25, 0.3) is 5.69 Å². The molecule has 4 rings (SSSR count). The largest absolute Gasteiger partial charge is 0.336 e. The summed E-state index contributed by atoms with van der Waals surface area (Å²) >= 11 is 0. The van der Waals surface area contributed by atoms with Crippen molar-refractivity contribution in [2.24, 2.45) is 0 Å². The molecule has 7 nitrogen and oxygen atoms in total. The van der Waals surface area contributed by atoms with Gasteiger partial charge in [-0.15, -0.1) is 17.5 Å². The minimum atomic E-state index is -0.00249. The molecule has 8 heteroatoms. The van der Waals surface area contributed by atoms with Crippen molar-refractivity contribution >= 4 is 18.3 Å². The van der Waals surface area contributed by atoms with Gasteiger partial charge in [0.15, 0.2) is 5.69 Å². The molecular weight excluding hydrogens is 352 g/mol. The molecule has 0 saturated carbocycles. The second-order valence-electron chi connectivity index (χ2n) is 6.75. The van der Waals surface area contributed by atoms with Crippen molar-refractivity contribution < 1.29 is 4.79 Å². The number of amides is 1. The van der Waals surface area contributed by atoms with Gasteiger partial charge in [-0.1, -0.05) is 23.4 Å². The van der Waals surface area contributed by atoms with E-state index in [1.807, 2.05) is 42.2 Å². The van der Waals surface area contributed by atoms with Gasteiger partial charge in [0.1, 0.15) is 0 Å². The SMILES string of the molecule is Cc1c(C(=O)N2CCC(N3CCNCC3)C2)nnn1-c1ccccc1.Cl. The molecule has 0 bridgehead atoms. The Balaban J connectivity index is 0.00000196. The van der Waals surface area contributed by atoms with Gasteiger partial charge in [-0.05, 0) is 25.5 Å². The maximum atomic E-state index is 12.9. The average molecular weight is 377 g/mol. The van der Waals surface area contributed by atoms with Gasteiger partial charge in [0.05, 0.1) is 11.4 Å². The van der Waals surface area contributed by atoms with Crippen LogP contribution in [0.4, 0.5) is 0 Å². The van der Waals surface area contributed by atoms with Crippen LogP contribution in [0.15, 0.2) is 30.3 Å². The molecule has 140 valence electrons. The fraction of sp³-hybridized carbons (Fsp3) is 0.500. The molecule has 1 aromatic heterocycles. The lowest BCUT2D eigenvalue weighted by Crippen LogP contribution is -2.49. The minimum absolute atomic E-state index is 0. The number of hydrogen-bond acceptors (Lipinski definition) is 5. The third kappa shape index (κ3) is 3.60. The lowest BCUT2D eigenvalue weighted by atomic mass is 10.2. The first kappa shape index (κ1) is 18.8. The highest BCUT2D eigenvalue weighted by atomic mass is 35.5. The summed E-state index contributed by atoms with van der Waals surface area (Å²) in [5.74, 6) is -0.00249. The number of piperazine rings is 1. The zero-order valence-electron chi connectivity index (χ0n) is 15.0. The zero-order chi connectivity index (χ0) is 17.2. The molecule has 2 aliphatic rings. The summed E-state index contributed by atoms with van der Waals surface area (Å²) < 4.78 is 1.73. The molecule has 26 heavy (non-hydrogen) atoms. The standard InChI is InChI=1S/C18H24N6O.ClH/c1-14-17(20-21-24(14)15-5-3-2-4-6-15)18(25)23-10-7-16(13-23)22-11-8-19-9-12-22;/h2-6,16,19H,7-13H2,1H3;1H. The Bertz CT molecular complexity index is 743. The second-order valence-corrected chi connectivity index (χ2v) is 6.75. The Morgan fingerprint density at radius 2 is 1.88 bits per heavy atom. The Labute approximate surface area is 159 Å². The highest BCUT2D eigenvalue weighted by Gasteiger charge is 2.33. The summed E-state index contributed by atoms with van der Waals surface area (Å²) in [6, 6.07) is 10.3. The van der Waals surface area contributed by atoms with E-state index >= 15 is 0 Å². The van der Waals surface area contributed by atoms with Crippen molar-refractivity contribution in [1.29, 1.82) is 0 Å². The third-order valence-electron chi connectivity index (χ3n) is 5.22. The van der Waals surface area contributed by atoms with Crippen molar-refractivity contribution in [3.8, 4) is 5.69 Å². The van der Waals surface area contributed by atoms with E-state index in [4.69, 9.17) is 0 Å². The van der Waals surface area contributed by atoms with Gasteiger partial charge in [-0.2, -0.15) is 0 Å². The summed E-state index contributed by atoms with van der Waals surface area (Å²) in [7, 11) is 0. The number of para-hydroxylation sites is 1. The molecule has 2 aliphatic heterocycles. The Morgan fingerprint density at radius 3 is 2.62 bits per heavy atom. The zero-order valence-corrected chi connectivity index (χ0v) is 15.8. The van der Waals surface area contributed by atoms with Gasteiger partial charge in [0.2, 0.25) is 0 Å². The molecule has 1 amide bonds. The number of hydrogen-bond donors (Lipinski definition) is 1. The molecule has 0 radical (unpaired) electrons. The number of likely N-dealkylation sites (tertiary alicyclic amines) is 1. The van der Waals surface area contributed by atoms with E-state index in [0.717, 1.165) is 57.1 Å². The Hall–Kier alpha value is -1.96. The molecule has 0 aliphatic carbocycles. The molecule has 1 atom stereocenters. The van der Waals surface area contributed by atoms with Gasteiger partial charge in [-0.25, -0.2) is 4.68 Å². The van der Waals surface area contributed by atoms with E-state index in [0.29, 0.717) is 11.7 Å². The maximum absolute atomic E-state index is 12.9. The van der Waals surface area contributed by atoms with E-state index in [2.05, 4.69) is 20.5 Å². The first-order valence-corrected chi connectivity index (χ1v) is 8.96. The normalized spacial score (nSPS) is 20.8. The number of rotatable bonds is 3. The highest BCUT2D eigenvalue weighted by Crippen LogP contribution is 2.20. The predicted molar refractivity (Wildman–Crippen MR) is 102 cm³/mol. The van der Waals surface area contributed by atoms with Gasteiger partial charge in [-0.3, -0.25) is 9.69 Å². The number of nitrogens with zero attached hydrogens (tertiary/aromatic N) is 5. The van der Waals surface area contributed by atoms with Crippen LogP contribution >= 0.6 is 12.4 Å². The van der Waals surface area contributed by atoms with Crippen molar-refractivity contribution in [2.45, 2.75) is 19.4 Å². The van der Waals surface area contributed by atoms with Crippen molar-refractivity contribution in [2.75, 3.05) is 39.3 Å². The van der Waals surface area contributed by atoms with E-state index in [9.17, 15) is 4.79 Å². The summed E-state index contributed by atoms with van der Waals surface area (Å²) in [5.41, 5.74) is 2.18. The van der Waals surface area contributed by atoms with Gasteiger partial charge >= 0.3 is 0 Å². The fourth-order valence-corrected chi connectivity index (χ4v) is 3.76. The second kappa shape index (κ2) is 8.16. The van der Waals surface area contributed by atoms with Crippen LogP contribution in [0.2, 0.25) is 0 Å². The molecule has 1 N–H and O–H groups in total. The predicted octanol–water partition coefficient (Wildman–Crippen LogP) is 1.12. The molecule has 3 heterocycles. The number of carbonyl (C=O) groups excluding carboxylic acids is 1. The lowest BCUT2D eigenvalue weighted by Gasteiger charge is -2.32. The molecule has 2 aromatic rings. The van der Waals surface area contributed by atoms with E-state index in [-0.39, 0.29) is 18.3 Å². The molecule has 2 saturated heterocycles. The number of aromatic nitrogens is 3. The summed E-state index contributed by atoms with van der Waals surface area (Å²) in [5, 5.41) is 11.7. The quantitative estimate of drug-likeness (QED) is 0.869. The molecule has 2 fully saturated rings. The topological polar surface area (TPSA) is 66.3 Å². The highest BCUT2D eigenvalue weighted by molar-refractivity contribution is 5.93. The van der Waals surface area contributed by atoms with Crippen molar-refractivity contribution in [3.63, 3.8) is 0 Å². The van der Waals surface area contributed by atoms with Crippen LogP contribution in [0.5, 0.6) is 0 Å². The van der Waals surface area contributed by atoms with Crippen LogP contribution in [-0.4, -0.2) is 76.0 Å². The number of benzene rings is 1. The number of nitrogens with one attached hydrogen (secondary N) is 1. The summed E-state index contributed by atoms with van der Waals surface area (Å²) in [4.78, 5) is 17.3. The summed E-state index contributed by atoms with van der Waals surface area (Å²) in [6.07, 6.45) is 1.04. The van der Waals surface area contributed by atoms with E-state index in [1.54, 1.807) is 4.68 Å². The Kier molecular flexibility index (Phi) is 5.90. The number of carbonyl (C=O) groups is 1. The summed E-state index contributed by atoms with van der Waals surface area (Å²) in [6.45, 7) is 7.70. The van der Waals surface area contributed by atoms with Crippen LogP contribution in [0, 0.1) is 6.92 Å². The molecule has 1 unspecified atom stereocenters. The third-order valence-corrected chi connectivity index (χ3v) is 5.22. The van der Waals surface area contributed by atoms with Crippen molar-refractivity contribution in [3.05, 3.63) is 41.7 Å². The smallest absolute Gasteiger partial charge is 0.276 e. The van der Waals surface area contributed by atoms with E-state index < -0.39 is 0 Å². The van der Waals surface area contributed by atoms with Crippen molar-refractivity contribution in [1.82, 2.24) is 30.1 Å². The average Bonchev–Trinajstić information content (AvgIpc) is 3.30. The van der Waals surface area contributed by atoms with Gasteiger partial charge < -0.3 is 10.2 Å². The Morgan fingerprint density at radius 1 is 1.15 bits per heavy atom. The molecular formula is C18H25ClN6O. The number of halogens is 1.